The fourth-order valence-corrected chi connectivity index (χ4v) is 3.50. The Kier molecular flexibility index (Phi) is 5.21. The van der Waals surface area contributed by atoms with Crippen LogP contribution in [0.4, 0.5) is 0 Å². The molecule has 0 amide bonds. The zero-order valence-corrected chi connectivity index (χ0v) is 13.5. The molecule has 3 rings (SSSR count). The molecule has 120 valence electrons. The molecule has 1 aliphatic heterocycles. The lowest BCUT2D eigenvalue weighted by Gasteiger charge is -2.28. The van der Waals surface area contributed by atoms with Gasteiger partial charge in [-0.25, -0.2) is 0 Å². The number of rotatable bonds is 6. The van der Waals surface area contributed by atoms with Crippen LogP contribution in [0.15, 0.2) is 60.7 Å². The monoisotopic (exact) mass is 309 g/mol. The summed E-state index contributed by atoms with van der Waals surface area (Å²) in [6, 6.07) is 20.2. The molecule has 0 aromatic heterocycles. The van der Waals surface area contributed by atoms with Gasteiger partial charge in [0.25, 0.3) is 0 Å². The van der Waals surface area contributed by atoms with E-state index in [1.54, 1.807) is 7.11 Å². The van der Waals surface area contributed by atoms with E-state index in [-0.39, 0.29) is 17.7 Å². The summed E-state index contributed by atoms with van der Waals surface area (Å²) in [6.07, 6.45) is 0.900. The summed E-state index contributed by atoms with van der Waals surface area (Å²) in [4.78, 5) is 15.4. The lowest BCUT2D eigenvalue weighted by atomic mass is 9.87. The number of Topliss-reactive ketones (excluding diaryl/α,β-unsaturated/α-hetero) is 1. The number of ketones is 1. The van der Waals surface area contributed by atoms with Gasteiger partial charge in [0, 0.05) is 31.2 Å². The standard InChI is InChI=1S/C20H23NO2/c1-23-15-14-21-13-12-18(19(21)16-8-4-2-5-9-16)20(22)17-10-6-3-7-11-17/h2-11,18-19H,12-15H2,1H3/t18-,19+/m0/s1. The predicted octanol–water partition coefficient (Wildman–Crippen LogP) is 3.58. The molecular weight excluding hydrogens is 286 g/mol. The number of benzene rings is 2. The quantitative estimate of drug-likeness (QED) is 0.764. The first-order valence-electron chi connectivity index (χ1n) is 8.18. The van der Waals surface area contributed by atoms with Crippen molar-refractivity contribution < 1.29 is 9.53 Å². The third kappa shape index (κ3) is 3.52. The molecule has 0 bridgehead atoms. The number of likely N-dealkylation sites (tertiary alicyclic amines) is 1. The van der Waals surface area contributed by atoms with Crippen LogP contribution in [0.5, 0.6) is 0 Å². The maximum absolute atomic E-state index is 13.0. The van der Waals surface area contributed by atoms with E-state index in [0.29, 0.717) is 6.61 Å². The van der Waals surface area contributed by atoms with Gasteiger partial charge in [-0.2, -0.15) is 0 Å². The summed E-state index contributed by atoms with van der Waals surface area (Å²) < 4.78 is 5.24. The fraction of sp³-hybridized carbons (Fsp3) is 0.350. The molecule has 3 heteroatoms. The minimum absolute atomic E-state index is 0.0108. The van der Waals surface area contributed by atoms with Gasteiger partial charge in [-0.3, -0.25) is 9.69 Å². The summed E-state index contributed by atoms with van der Waals surface area (Å²) in [7, 11) is 1.72. The summed E-state index contributed by atoms with van der Waals surface area (Å²) in [6.45, 7) is 2.48. The van der Waals surface area contributed by atoms with E-state index in [0.717, 1.165) is 25.1 Å². The zero-order valence-electron chi connectivity index (χ0n) is 13.5. The topological polar surface area (TPSA) is 29.5 Å². The van der Waals surface area contributed by atoms with Gasteiger partial charge >= 0.3 is 0 Å². The molecule has 0 N–H and O–H groups in total. The minimum Gasteiger partial charge on any atom is -0.383 e. The van der Waals surface area contributed by atoms with Crippen molar-refractivity contribution in [3.63, 3.8) is 0 Å². The van der Waals surface area contributed by atoms with Crippen LogP contribution in [-0.2, 0) is 4.74 Å². The molecule has 0 saturated carbocycles. The first-order valence-corrected chi connectivity index (χ1v) is 8.18. The molecule has 0 radical (unpaired) electrons. The number of methoxy groups -OCH3 is 1. The fourth-order valence-electron chi connectivity index (χ4n) is 3.50. The van der Waals surface area contributed by atoms with Crippen LogP contribution < -0.4 is 0 Å². The molecule has 2 aromatic rings. The third-order valence-electron chi connectivity index (χ3n) is 4.62. The van der Waals surface area contributed by atoms with Gasteiger partial charge in [-0.1, -0.05) is 60.7 Å². The Bertz CT molecular complexity index is 627. The molecular formula is C20H23NO2. The SMILES string of the molecule is COCCN1CC[C@H](C(=O)c2ccccc2)[C@H]1c1ccccc1. The van der Waals surface area contributed by atoms with Crippen molar-refractivity contribution in [1.29, 1.82) is 0 Å². The van der Waals surface area contributed by atoms with Gasteiger partial charge in [-0.15, -0.1) is 0 Å². The molecule has 23 heavy (non-hydrogen) atoms. The average Bonchev–Trinajstić information content (AvgIpc) is 3.04. The summed E-state index contributed by atoms with van der Waals surface area (Å²) in [5.41, 5.74) is 2.03. The van der Waals surface area contributed by atoms with Gasteiger partial charge in [0.15, 0.2) is 5.78 Å². The van der Waals surface area contributed by atoms with Crippen LogP contribution >= 0.6 is 0 Å². The smallest absolute Gasteiger partial charge is 0.167 e. The molecule has 2 atom stereocenters. The normalized spacial score (nSPS) is 21.4. The summed E-state index contributed by atoms with van der Waals surface area (Å²) in [5.74, 6) is 0.260. The van der Waals surface area contributed by atoms with Crippen molar-refractivity contribution in [3.8, 4) is 0 Å². The second-order valence-corrected chi connectivity index (χ2v) is 6.01. The van der Waals surface area contributed by atoms with E-state index < -0.39 is 0 Å². The van der Waals surface area contributed by atoms with Gasteiger partial charge in [-0.05, 0) is 18.5 Å². The van der Waals surface area contributed by atoms with E-state index in [1.165, 1.54) is 5.56 Å². The molecule has 0 aliphatic carbocycles. The van der Waals surface area contributed by atoms with Crippen molar-refractivity contribution in [2.75, 3.05) is 26.8 Å². The highest BCUT2D eigenvalue weighted by molar-refractivity contribution is 5.98. The van der Waals surface area contributed by atoms with Gasteiger partial charge in [0.1, 0.15) is 0 Å². The Morgan fingerprint density at radius 2 is 1.74 bits per heavy atom. The van der Waals surface area contributed by atoms with Gasteiger partial charge in [0.05, 0.1) is 6.61 Å². The second-order valence-electron chi connectivity index (χ2n) is 6.01. The Morgan fingerprint density at radius 1 is 1.09 bits per heavy atom. The summed E-state index contributed by atoms with van der Waals surface area (Å²) >= 11 is 0. The van der Waals surface area contributed by atoms with Crippen LogP contribution in [0.25, 0.3) is 0 Å². The van der Waals surface area contributed by atoms with E-state index >= 15 is 0 Å². The number of hydrogen-bond donors (Lipinski definition) is 0. The van der Waals surface area contributed by atoms with Crippen LogP contribution in [0.1, 0.15) is 28.4 Å². The molecule has 2 aromatic carbocycles. The van der Waals surface area contributed by atoms with E-state index in [4.69, 9.17) is 4.74 Å². The second kappa shape index (κ2) is 7.53. The highest BCUT2D eigenvalue weighted by Gasteiger charge is 2.39. The maximum Gasteiger partial charge on any atom is 0.167 e. The molecule has 1 heterocycles. The van der Waals surface area contributed by atoms with Gasteiger partial charge in [0.2, 0.25) is 0 Å². The zero-order chi connectivity index (χ0) is 16.1. The lowest BCUT2D eigenvalue weighted by molar-refractivity contribution is 0.0859. The minimum atomic E-state index is 0.0108. The Labute approximate surface area is 137 Å². The molecule has 1 aliphatic rings. The molecule has 3 nitrogen and oxygen atoms in total. The highest BCUT2D eigenvalue weighted by Crippen LogP contribution is 2.38. The molecule has 1 fully saturated rings. The number of nitrogens with zero attached hydrogens (tertiary/aromatic N) is 1. The van der Waals surface area contributed by atoms with Crippen molar-refractivity contribution in [2.45, 2.75) is 12.5 Å². The van der Waals surface area contributed by atoms with E-state index in [2.05, 4.69) is 17.0 Å². The predicted molar refractivity (Wildman–Crippen MR) is 91.5 cm³/mol. The lowest BCUT2D eigenvalue weighted by Crippen LogP contribution is -2.31. The van der Waals surface area contributed by atoms with Crippen LogP contribution in [0.2, 0.25) is 0 Å². The third-order valence-corrected chi connectivity index (χ3v) is 4.62. The van der Waals surface area contributed by atoms with Crippen molar-refractivity contribution in [3.05, 3.63) is 71.8 Å². The largest absolute Gasteiger partial charge is 0.383 e. The first kappa shape index (κ1) is 15.9. The van der Waals surface area contributed by atoms with E-state index in [1.807, 2.05) is 48.5 Å². The van der Waals surface area contributed by atoms with Gasteiger partial charge < -0.3 is 4.74 Å². The number of ether oxygens (including phenoxy) is 1. The van der Waals surface area contributed by atoms with Crippen molar-refractivity contribution >= 4 is 5.78 Å². The maximum atomic E-state index is 13.0. The number of carbonyl (C=O) groups excluding carboxylic acids is 1. The molecule has 0 unspecified atom stereocenters. The Morgan fingerprint density at radius 3 is 2.39 bits per heavy atom. The Hall–Kier alpha value is -1.97. The van der Waals surface area contributed by atoms with Crippen LogP contribution in [0, 0.1) is 5.92 Å². The number of carbonyl (C=O) groups is 1. The molecule has 1 saturated heterocycles. The van der Waals surface area contributed by atoms with E-state index in [9.17, 15) is 4.79 Å². The van der Waals surface area contributed by atoms with Crippen molar-refractivity contribution in [2.24, 2.45) is 5.92 Å². The van der Waals surface area contributed by atoms with Crippen LogP contribution in [-0.4, -0.2) is 37.5 Å². The van der Waals surface area contributed by atoms with Crippen LogP contribution in [0.3, 0.4) is 0 Å². The number of hydrogen-bond acceptors (Lipinski definition) is 3. The van der Waals surface area contributed by atoms with Crippen molar-refractivity contribution in [1.82, 2.24) is 4.90 Å². The average molecular weight is 309 g/mol. The highest BCUT2D eigenvalue weighted by atomic mass is 16.5. The molecule has 0 spiro atoms. The first-order chi connectivity index (χ1) is 11.3. The Balaban J connectivity index is 1.88. The summed E-state index contributed by atoms with van der Waals surface area (Å²) in [5, 5.41) is 0.